The Kier molecular flexibility index (Phi) is 4.73. The van der Waals surface area contributed by atoms with Crippen LogP contribution in [-0.4, -0.2) is 50.1 Å². The van der Waals surface area contributed by atoms with Gasteiger partial charge in [-0.3, -0.25) is 4.79 Å². The van der Waals surface area contributed by atoms with Gasteiger partial charge in [0.25, 0.3) is 5.91 Å². The lowest BCUT2D eigenvalue weighted by molar-refractivity contribution is 0.0548. The third-order valence-corrected chi connectivity index (χ3v) is 6.55. The summed E-state index contributed by atoms with van der Waals surface area (Å²) in [6.45, 7) is 1.17. The number of pyridine rings is 1. The molecule has 0 atom stereocenters. The number of hydrogen-bond acceptors (Lipinski definition) is 3. The summed E-state index contributed by atoms with van der Waals surface area (Å²) >= 11 is 0. The smallest absolute Gasteiger partial charge is 0.256 e. The number of hydrogen-bond donors (Lipinski definition) is 3. The van der Waals surface area contributed by atoms with Gasteiger partial charge in [0.15, 0.2) is 0 Å². The number of aromatic nitrogens is 3. The van der Waals surface area contributed by atoms with E-state index < -0.39 is 0 Å². The van der Waals surface area contributed by atoms with E-state index in [1.807, 2.05) is 35.4 Å². The third-order valence-electron chi connectivity index (χ3n) is 6.55. The summed E-state index contributed by atoms with van der Waals surface area (Å²) < 4.78 is 0. The molecule has 1 amide bonds. The zero-order valence-electron chi connectivity index (χ0n) is 18.1. The molecule has 1 fully saturated rings. The first-order valence-corrected chi connectivity index (χ1v) is 11.3. The molecule has 3 N–H and O–H groups in total. The number of benzene rings is 2. The van der Waals surface area contributed by atoms with Gasteiger partial charge in [-0.2, -0.15) is 0 Å². The molecule has 2 aromatic carbocycles. The van der Waals surface area contributed by atoms with Crippen molar-refractivity contribution in [2.75, 3.05) is 13.1 Å². The zero-order valence-corrected chi connectivity index (χ0v) is 18.1. The minimum Gasteiger partial charge on any atom is -0.393 e. The lowest BCUT2D eigenvalue weighted by Gasteiger charge is -2.29. The first kappa shape index (κ1) is 19.8. The number of carbonyl (C=O) groups excluding carboxylic acids is 1. The van der Waals surface area contributed by atoms with Crippen LogP contribution < -0.4 is 0 Å². The number of likely N-dealkylation sites (tertiary alicyclic amines) is 1. The normalized spacial score (nSPS) is 14.9. The number of H-pyrrole nitrogens is 2. The molecule has 33 heavy (non-hydrogen) atoms. The predicted molar refractivity (Wildman–Crippen MR) is 130 cm³/mol. The molecule has 3 aromatic heterocycles. The topological polar surface area (TPSA) is 85.0 Å². The Morgan fingerprint density at radius 2 is 1.79 bits per heavy atom. The third kappa shape index (κ3) is 3.58. The van der Waals surface area contributed by atoms with Crippen LogP contribution in [0.15, 0.2) is 73.1 Å². The molecule has 6 nitrogen and oxygen atoms in total. The molecule has 164 valence electrons. The summed E-state index contributed by atoms with van der Waals surface area (Å²) in [6, 6.07) is 20.6. The number of aliphatic hydroxyl groups excluding tert-OH is 1. The van der Waals surface area contributed by atoms with Crippen LogP contribution in [0.25, 0.3) is 44.3 Å². The van der Waals surface area contributed by atoms with Gasteiger partial charge in [0, 0.05) is 53.0 Å². The lowest BCUT2D eigenvalue weighted by Crippen LogP contribution is -2.39. The summed E-state index contributed by atoms with van der Waals surface area (Å²) in [5, 5.41) is 11.7. The van der Waals surface area contributed by atoms with Gasteiger partial charge in [-0.05, 0) is 48.2 Å². The number of amides is 1. The van der Waals surface area contributed by atoms with Crippen LogP contribution in [0.4, 0.5) is 0 Å². The molecule has 5 aromatic rings. The average molecular weight is 437 g/mol. The highest BCUT2D eigenvalue weighted by Crippen LogP contribution is 2.30. The van der Waals surface area contributed by atoms with Crippen molar-refractivity contribution < 1.29 is 9.90 Å². The van der Waals surface area contributed by atoms with E-state index in [2.05, 4.69) is 51.4 Å². The molecular formula is C27H24N4O2. The summed E-state index contributed by atoms with van der Waals surface area (Å²) in [7, 11) is 0. The molecule has 0 unspecified atom stereocenters. The van der Waals surface area contributed by atoms with E-state index in [0.29, 0.717) is 31.5 Å². The van der Waals surface area contributed by atoms with Crippen LogP contribution in [0.1, 0.15) is 23.2 Å². The van der Waals surface area contributed by atoms with Crippen molar-refractivity contribution in [1.29, 1.82) is 0 Å². The Balaban J connectivity index is 1.35. The first-order valence-electron chi connectivity index (χ1n) is 11.3. The van der Waals surface area contributed by atoms with Crippen LogP contribution in [0, 0.1) is 0 Å². The first-order chi connectivity index (χ1) is 16.2. The number of carbonyl (C=O) groups is 1. The largest absolute Gasteiger partial charge is 0.393 e. The van der Waals surface area contributed by atoms with Gasteiger partial charge in [-0.1, -0.05) is 36.4 Å². The van der Waals surface area contributed by atoms with Crippen molar-refractivity contribution >= 4 is 27.8 Å². The fourth-order valence-corrected chi connectivity index (χ4v) is 4.66. The van der Waals surface area contributed by atoms with Gasteiger partial charge in [0.2, 0.25) is 0 Å². The minimum atomic E-state index is -0.304. The number of aromatic amines is 2. The van der Waals surface area contributed by atoms with Crippen molar-refractivity contribution in [3.63, 3.8) is 0 Å². The summed E-state index contributed by atoms with van der Waals surface area (Å²) in [6.07, 6.45) is 4.62. The maximum Gasteiger partial charge on any atom is 0.256 e. The molecule has 0 aliphatic carbocycles. The van der Waals surface area contributed by atoms with E-state index in [4.69, 9.17) is 0 Å². The zero-order chi connectivity index (χ0) is 22.4. The van der Waals surface area contributed by atoms with Crippen LogP contribution in [0.5, 0.6) is 0 Å². The number of nitrogens with one attached hydrogen (secondary N) is 2. The van der Waals surface area contributed by atoms with Gasteiger partial charge in [0.1, 0.15) is 5.65 Å². The molecule has 6 heteroatoms. The Hall–Kier alpha value is -3.90. The van der Waals surface area contributed by atoms with E-state index in [1.54, 1.807) is 6.20 Å². The van der Waals surface area contributed by atoms with Crippen molar-refractivity contribution in [3.05, 3.63) is 78.6 Å². The fourth-order valence-electron chi connectivity index (χ4n) is 4.66. The van der Waals surface area contributed by atoms with Crippen LogP contribution >= 0.6 is 0 Å². The van der Waals surface area contributed by atoms with E-state index in [-0.39, 0.29) is 12.0 Å². The van der Waals surface area contributed by atoms with Gasteiger partial charge < -0.3 is 20.0 Å². The molecule has 1 saturated heterocycles. The Bertz CT molecular complexity index is 1460. The Labute approximate surface area is 190 Å². The lowest BCUT2D eigenvalue weighted by atomic mass is 10.0. The molecule has 6 rings (SSSR count). The number of fused-ring (bicyclic) bond motifs is 2. The summed E-state index contributed by atoms with van der Waals surface area (Å²) in [5.74, 6) is 0.0111. The molecule has 0 spiro atoms. The van der Waals surface area contributed by atoms with Gasteiger partial charge in [-0.25, -0.2) is 4.98 Å². The maximum atomic E-state index is 13.1. The van der Waals surface area contributed by atoms with Crippen molar-refractivity contribution in [2.45, 2.75) is 18.9 Å². The average Bonchev–Trinajstić information content (AvgIpc) is 3.48. The second-order valence-electron chi connectivity index (χ2n) is 8.70. The van der Waals surface area contributed by atoms with Crippen LogP contribution in [0.2, 0.25) is 0 Å². The SMILES string of the molecule is O=C(c1c[nH]c2ccc(-c3cnc4[nH]c(-c5ccccc5)cc4c3)cc12)N1CCC(O)CC1. The van der Waals surface area contributed by atoms with E-state index in [1.165, 1.54) is 0 Å². The van der Waals surface area contributed by atoms with Gasteiger partial charge >= 0.3 is 0 Å². The number of nitrogens with zero attached hydrogens (tertiary/aromatic N) is 2. The number of rotatable bonds is 3. The molecular weight excluding hydrogens is 412 g/mol. The monoisotopic (exact) mass is 436 g/mol. The second-order valence-corrected chi connectivity index (χ2v) is 8.70. The molecule has 1 aliphatic heterocycles. The summed E-state index contributed by atoms with van der Waals surface area (Å²) in [5.41, 5.74) is 6.63. The van der Waals surface area contributed by atoms with Gasteiger partial charge in [-0.15, -0.1) is 0 Å². The van der Waals surface area contributed by atoms with Crippen molar-refractivity contribution in [2.24, 2.45) is 0 Å². The highest BCUT2D eigenvalue weighted by Gasteiger charge is 2.24. The van der Waals surface area contributed by atoms with Crippen molar-refractivity contribution in [1.82, 2.24) is 19.9 Å². The fraction of sp³-hybridized carbons (Fsp3) is 0.185. The molecule has 0 bridgehead atoms. The van der Waals surface area contributed by atoms with Crippen LogP contribution in [0.3, 0.4) is 0 Å². The van der Waals surface area contributed by atoms with E-state index in [0.717, 1.165) is 44.3 Å². The number of aliphatic hydroxyl groups is 1. The Morgan fingerprint density at radius 1 is 0.970 bits per heavy atom. The molecule has 0 radical (unpaired) electrons. The van der Waals surface area contributed by atoms with E-state index >= 15 is 0 Å². The minimum absolute atomic E-state index is 0.0111. The molecule has 1 aliphatic rings. The molecule has 0 saturated carbocycles. The van der Waals surface area contributed by atoms with Gasteiger partial charge in [0.05, 0.1) is 11.7 Å². The van der Waals surface area contributed by atoms with Crippen molar-refractivity contribution in [3.8, 4) is 22.4 Å². The van der Waals surface area contributed by atoms with E-state index in [9.17, 15) is 9.90 Å². The predicted octanol–water partition coefficient (Wildman–Crippen LogP) is 4.98. The number of piperidine rings is 1. The molecule has 4 heterocycles. The highest BCUT2D eigenvalue weighted by atomic mass is 16.3. The van der Waals surface area contributed by atoms with Crippen LogP contribution in [-0.2, 0) is 0 Å². The summed E-state index contributed by atoms with van der Waals surface area (Å²) in [4.78, 5) is 26.3. The maximum absolute atomic E-state index is 13.1. The standard InChI is InChI=1S/C27H24N4O2/c32-21-8-10-31(11-9-21)27(33)23-16-28-24-7-6-18(13-22(23)24)20-12-19-14-25(30-26(19)29-15-20)17-4-2-1-3-5-17/h1-7,12-16,21,28,32H,8-11H2,(H,29,30). The quantitative estimate of drug-likeness (QED) is 0.373. The second kappa shape index (κ2) is 7.90. The highest BCUT2D eigenvalue weighted by molar-refractivity contribution is 6.07. The Morgan fingerprint density at radius 3 is 2.61 bits per heavy atom.